The molecule has 1 aliphatic rings. The lowest BCUT2D eigenvalue weighted by atomic mass is 9.76. The molecule has 1 atom stereocenters. The highest BCUT2D eigenvalue weighted by molar-refractivity contribution is 5.96. The molecule has 0 saturated carbocycles. The first-order chi connectivity index (χ1) is 11.6. The van der Waals surface area contributed by atoms with Crippen molar-refractivity contribution in [2.75, 3.05) is 13.7 Å². The zero-order valence-corrected chi connectivity index (χ0v) is 13.2. The van der Waals surface area contributed by atoms with E-state index in [1.807, 2.05) is 36.4 Å². The van der Waals surface area contributed by atoms with Crippen molar-refractivity contribution in [2.45, 2.75) is 11.8 Å². The highest BCUT2D eigenvalue weighted by Gasteiger charge is 2.48. The SMILES string of the molecule is COC(=O)C1(c2ccccc2-c2ccc(C#N)cc2)CNC(=O)C1. The van der Waals surface area contributed by atoms with E-state index in [1.165, 1.54) is 7.11 Å². The van der Waals surface area contributed by atoms with Gasteiger partial charge in [-0.15, -0.1) is 0 Å². The Morgan fingerprint density at radius 2 is 1.92 bits per heavy atom. The number of benzene rings is 2. The number of rotatable bonds is 3. The second-order valence-corrected chi connectivity index (χ2v) is 5.76. The van der Waals surface area contributed by atoms with Gasteiger partial charge in [-0.05, 0) is 28.8 Å². The molecular formula is C19H16N2O3. The van der Waals surface area contributed by atoms with Gasteiger partial charge in [-0.2, -0.15) is 5.26 Å². The number of amides is 1. The zero-order valence-electron chi connectivity index (χ0n) is 13.2. The fourth-order valence-corrected chi connectivity index (χ4v) is 3.17. The number of hydrogen-bond donors (Lipinski definition) is 1. The van der Waals surface area contributed by atoms with Crippen molar-refractivity contribution in [2.24, 2.45) is 0 Å². The molecule has 2 aromatic carbocycles. The number of carbonyl (C=O) groups excluding carboxylic acids is 2. The summed E-state index contributed by atoms with van der Waals surface area (Å²) < 4.78 is 4.99. The van der Waals surface area contributed by atoms with Crippen LogP contribution in [-0.2, 0) is 19.7 Å². The van der Waals surface area contributed by atoms with Crippen LogP contribution in [0.4, 0.5) is 0 Å². The fourth-order valence-electron chi connectivity index (χ4n) is 3.17. The van der Waals surface area contributed by atoms with Crippen LogP contribution in [0, 0.1) is 11.3 Å². The molecule has 24 heavy (non-hydrogen) atoms. The summed E-state index contributed by atoms with van der Waals surface area (Å²) in [6.45, 7) is 0.214. The Balaban J connectivity index is 2.15. The summed E-state index contributed by atoms with van der Waals surface area (Å²) in [5.41, 5.74) is 2.02. The molecule has 0 spiro atoms. The Morgan fingerprint density at radius 3 is 2.50 bits per heavy atom. The van der Waals surface area contributed by atoms with Crippen LogP contribution in [0.25, 0.3) is 11.1 Å². The predicted octanol–water partition coefficient (Wildman–Crippen LogP) is 2.16. The molecule has 1 amide bonds. The van der Waals surface area contributed by atoms with Crippen molar-refractivity contribution in [3.8, 4) is 17.2 Å². The second kappa shape index (κ2) is 6.17. The molecule has 0 aliphatic carbocycles. The maximum atomic E-state index is 12.5. The number of nitrogens with one attached hydrogen (secondary N) is 1. The second-order valence-electron chi connectivity index (χ2n) is 5.76. The lowest BCUT2D eigenvalue weighted by Gasteiger charge is -2.27. The third kappa shape index (κ3) is 2.52. The van der Waals surface area contributed by atoms with Crippen LogP contribution in [-0.4, -0.2) is 25.5 Å². The minimum atomic E-state index is -1.03. The minimum Gasteiger partial charge on any atom is -0.468 e. The molecule has 1 fully saturated rings. The van der Waals surface area contributed by atoms with E-state index in [4.69, 9.17) is 10.00 Å². The molecule has 1 aliphatic heterocycles. The quantitative estimate of drug-likeness (QED) is 0.879. The first-order valence-electron chi connectivity index (χ1n) is 7.56. The van der Waals surface area contributed by atoms with Gasteiger partial charge in [-0.1, -0.05) is 36.4 Å². The largest absolute Gasteiger partial charge is 0.468 e. The molecule has 0 radical (unpaired) electrons. The van der Waals surface area contributed by atoms with Gasteiger partial charge in [-0.25, -0.2) is 0 Å². The van der Waals surface area contributed by atoms with Crippen molar-refractivity contribution < 1.29 is 14.3 Å². The van der Waals surface area contributed by atoms with Gasteiger partial charge in [0.1, 0.15) is 5.41 Å². The zero-order chi connectivity index (χ0) is 17.2. The summed E-state index contributed by atoms with van der Waals surface area (Å²) in [6.07, 6.45) is 0.0625. The Labute approximate surface area is 139 Å². The van der Waals surface area contributed by atoms with Crippen LogP contribution in [0.15, 0.2) is 48.5 Å². The number of ether oxygens (including phenoxy) is 1. The van der Waals surface area contributed by atoms with Crippen molar-refractivity contribution in [1.82, 2.24) is 5.32 Å². The van der Waals surface area contributed by atoms with E-state index in [0.29, 0.717) is 5.56 Å². The smallest absolute Gasteiger partial charge is 0.318 e. The van der Waals surface area contributed by atoms with Crippen molar-refractivity contribution in [3.63, 3.8) is 0 Å². The summed E-state index contributed by atoms with van der Waals surface area (Å²) >= 11 is 0. The number of methoxy groups -OCH3 is 1. The Hall–Kier alpha value is -3.13. The van der Waals surface area contributed by atoms with E-state index >= 15 is 0 Å². The van der Waals surface area contributed by atoms with E-state index in [-0.39, 0.29) is 18.9 Å². The molecular weight excluding hydrogens is 304 g/mol. The summed E-state index contributed by atoms with van der Waals surface area (Å²) in [5.74, 6) is -0.600. The van der Waals surface area contributed by atoms with E-state index in [9.17, 15) is 9.59 Å². The molecule has 5 heteroatoms. The topological polar surface area (TPSA) is 79.2 Å². The normalized spacial score (nSPS) is 19.4. The lowest BCUT2D eigenvalue weighted by molar-refractivity contribution is -0.147. The first kappa shape index (κ1) is 15.8. The average molecular weight is 320 g/mol. The number of carbonyl (C=O) groups is 2. The molecule has 3 rings (SSSR count). The third-order valence-electron chi connectivity index (χ3n) is 4.39. The maximum Gasteiger partial charge on any atom is 0.318 e. The monoisotopic (exact) mass is 320 g/mol. The van der Waals surface area contributed by atoms with Crippen LogP contribution in [0.3, 0.4) is 0 Å². The van der Waals surface area contributed by atoms with Crippen molar-refractivity contribution in [3.05, 3.63) is 59.7 Å². The highest BCUT2D eigenvalue weighted by Crippen LogP contribution is 2.39. The Morgan fingerprint density at radius 1 is 1.21 bits per heavy atom. The van der Waals surface area contributed by atoms with Crippen LogP contribution >= 0.6 is 0 Å². The van der Waals surface area contributed by atoms with Gasteiger partial charge >= 0.3 is 5.97 Å². The summed E-state index contributed by atoms with van der Waals surface area (Å²) in [6, 6.07) is 16.7. The lowest BCUT2D eigenvalue weighted by Crippen LogP contribution is -2.39. The average Bonchev–Trinajstić information content (AvgIpc) is 3.04. The van der Waals surface area contributed by atoms with Gasteiger partial charge < -0.3 is 10.1 Å². The van der Waals surface area contributed by atoms with E-state index < -0.39 is 11.4 Å². The van der Waals surface area contributed by atoms with Crippen LogP contribution < -0.4 is 5.32 Å². The molecule has 5 nitrogen and oxygen atoms in total. The molecule has 0 bridgehead atoms. The number of esters is 1. The molecule has 0 aromatic heterocycles. The van der Waals surface area contributed by atoms with Gasteiger partial charge in [0.15, 0.2) is 0 Å². The van der Waals surface area contributed by atoms with Crippen LogP contribution in [0.2, 0.25) is 0 Å². The predicted molar refractivity (Wildman–Crippen MR) is 87.9 cm³/mol. The molecule has 1 unspecified atom stereocenters. The molecule has 2 aromatic rings. The summed E-state index contributed by atoms with van der Waals surface area (Å²) in [4.78, 5) is 24.3. The number of nitrogens with zero attached hydrogens (tertiary/aromatic N) is 1. The van der Waals surface area contributed by atoms with Gasteiger partial charge in [-0.3, -0.25) is 9.59 Å². The fraction of sp³-hybridized carbons (Fsp3) is 0.211. The van der Waals surface area contributed by atoms with E-state index in [1.54, 1.807) is 12.1 Å². The standard InChI is InChI=1S/C19H16N2O3/c1-24-18(23)19(10-17(22)21-12-19)16-5-3-2-4-15(16)14-8-6-13(11-20)7-9-14/h2-9H,10,12H2,1H3,(H,21,22). The van der Waals surface area contributed by atoms with Crippen molar-refractivity contribution in [1.29, 1.82) is 5.26 Å². The molecule has 120 valence electrons. The summed E-state index contributed by atoms with van der Waals surface area (Å²) in [5, 5.41) is 11.7. The van der Waals surface area contributed by atoms with Gasteiger partial charge in [0.05, 0.1) is 18.7 Å². The molecule has 1 N–H and O–H groups in total. The van der Waals surface area contributed by atoms with Crippen LogP contribution in [0.1, 0.15) is 17.5 Å². The first-order valence-corrected chi connectivity index (χ1v) is 7.56. The Bertz CT molecular complexity index is 836. The van der Waals surface area contributed by atoms with Gasteiger partial charge in [0.25, 0.3) is 0 Å². The number of hydrogen-bond acceptors (Lipinski definition) is 4. The van der Waals surface area contributed by atoms with Crippen LogP contribution in [0.5, 0.6) is 0 Å². The number of nitriles is 1. The van der Waals surface area contributed by atoms with Gasteiger partial charge in [0.2, 0.25) is 5.91 Å². The minimum absolute atomic E-state index is 0.0625. The Kier molecular flexibility index (Phi) is 4.05. The van der Waals surface area contributed by atoms with Gasteiger partial charge in [0, 0.05) is 13.0 Å². The maximum absolute atomic E-state index is 12.5. The van der Waals surface area contributed by atoms with Crippen molar-refractivity contribution >= 4 is 11.9 Å². The van der Waals surface area contributed by atoms with E-state index in [0.717, 1.165) is 16.7 Å². The molecule has 1 heterocycles. The molecule has 1 saturated heterocycles. The van der Waals surface area contributed by atoms with E-state index in [2.05, 4.69) is 11.4 Å². The third-order valence-corrected chi connectivity index (χ3v) is 4.39. The highest BCUT2D eigenvalue weighted by atomic mass is 16.5. The summed E-state index contributed by atoms with van der Waals surface area (Å²) in [7, 11) is 1.33.